The van der Waals surface area contributed by atoms with Gasteiger partial charge in [-0.25, -0.2) is 4.98 Å². The van der Waals surface area contributed by atoms with E-state index in [0.29, 0.717) is 26.8 Å². The monoisotopic (exact) mass is 426 g/mol. The van der Waals surface area contributed by atoms with Crippen LogP contribution in [-0.2, 0) is 17.6 Å². The summed E-state index contributed by atoms with van der Waals surface area (Å²) in [5.74, 6) is 0.818. The summed E-state index contributed by atoms with van der Waals surface area (Å²) < 4.78 is 5.67. The zero-order valence-electron chi connectivity index (χ0n) is 15.9. The molecule has 7 heteroatoms. The summed E-state index contributed by atoms with van der Waals surface area (Å²) in [6.45, 7) is 8.54. The van der Waals surface area contributed by atoms with E-state index >= 15 is 0 Å². The maximum Gasteiger partial charge on any atom is 0.266 e. The number of hydrogen-bond acceptors (Lipinski definition) is 4. The van der Waals surface area contributed by atoms with Crippen LogP contribution in [-0.4, -0.2) is 17.0 Å². The molecule has 1 N–H and O–H groups in total. The van der Waals surface area contributed by atoms with Gasteiger partial charge in [-0.1, -0.05) is 44.0 Å². The molecule has 27 heavy (non-hydrogen) atoms. The second-order valence-electron chi connectivity index (χ2n) is 8.02. The van der Waals surface area contributed by atoms with Crippen LogP contribution in [0.25, 0.3) is 0 Å². The van der Waals surface area contributed by atoms with E-state index < -0.39 is 6.10 Å². The topological polar surface area (TPSA) is 51.2 Å². The largest absolute Gasteiger partial charge is 0.479 e. The Kier molecular flexibility index (Phi) is 6.04. The first kappa shape index (κ1) is 20.4. The predicted octanol–water partition coefficient (Wildman–Crippen LogP) is 6.01. The first-order valence-electron chi connectivity index (χ1n) is 9.04. The molecule has 2 unspecified atom stereocenters. The van der Waals surface area contributed by atoms with Crippen LogP contribution in [0.4, 0.5) is 5.13 Å². The summed E-state index contributed by atoms with van der Waals surface area (Å²) in [5, 5.41) is 4.41. The van der Waals surface area contributed by atoms with Crippen LogP contribution in [0.1, 0.15) is 44.7 Å². The molecule has 0 aliphatic heterocycles. The molecule has 0 saturated carbocycles. The number of carbonyl (C=O) groups is 1. The van der Waals surface area contributed by atoms with E-state index in [9.17, 15) is 4.79 Å². The Morgan fingerprint density at radius 1 is 1.37 bits per heavy atom. The number of rotatable bonds is 4. The lowest BCUT2D eigenvalue weighted by Gasteiger charge is -2.33. The number of aromatic nitrogens is 1. The molecule has 2 atom stereocenters. The molecule has 0 saturated heterocycles. The van der Waals surface area contributed by atoms with Crippen molar-refractivity contribution in [2.75, 3.05) is 5.32 Å². The van der Waals surface area contributed by atoms with Gasteiger partial charge in [-0.15, -0.1) is 11.3 Å². The zero-order valence-corrected chi connectivity index (χ0v) is 18.3. The maximum atomic E-state index is 12.5. The molecule has 146 valence electrons. The molecule has 0 spiro atoms. The smallest absolute Gasteiger partial charge is 0.266 e. The number of amides is 1. The number of benzene rings is 1. The normalized spacial score (nSPS) is 17.9. The molecule has 4 nitrogen and oxygen atoms in total. The van der Waals surface area contributed by atoms with Crippen molar-refractivity contribution >= 4 is 45.6 Å². The highest BCUT2D eigenvalue weighted by molar-refractivity contribution is 7.15. The number of carbonyl (C=O) groups excluding carboxylic acids is 1. The third-order valence-electron chi connectivity index (χ3n) is 4.96. The van der Waals surface area contributed by atoms with Crippen molar-refractivity contribution in [3.05, 3.63) is 38.8 Å². The highest BCUT2D eigenvalue weighted by Gasteiger charge is 2.31. The van der Waals surface area contributed by atoms with Gasteiger partial charge >= 0.3 is 0 Å². The average Bonchev–Trinajstić information content (AvgIpc) is 2.97. The Morgan fingerprint density at radius 3 is 2.78 bits per heavy atom. The van der Waals surface area contributed by atoms with Crippen molar-refractivity contribution < 1.29 is 9.53 Å². The van der Waals surface area contributed by atoms with Crippen LogP contribution in [0.5, 0.6) is 5.75 Å². The Morgan fingerprint density at radius 2 is 2.11 bits per heavy atom. The van der Waals surface area contributed by atoms with E-state index in [1.165, 1.54) is 4.88 Å². The fraction of sp³-hybridized carbons (Fsp3) is 0.500. The van der Waals surface area contributed by atoms with Gasteiger partial charge < -0.3 is 4.74 Å². The van der Waals surface area contributed by atoms with Gasteiger partial charge in [0.15, 0.2) is 11.2 Å². The highest BCUT2D eigenvalue weighted by atomic mass is 35.5. The molecule has 1 amide bonds. The second kappa shape index (κ2) is 7.98. The molecule has 3 rings (SSSR count). The van der Waals surface area contributed by atoms with Gasteiger partial charge in [-0.3, -0.25) is 10.1 Å². The number of ether oxygens (including phenoxy) is 1. The lowest BCUT2D eigenvalue weighted by atomic mass is 9.73. The molecule has 1 aromatic heterocycles. The summed E-state index contributed by atoms with van der Waals surface area (Å²) >= 11 is 13.6. The van der Waals surface area contributed by atoms with Crippen molar-refractivity contribution in [2.45, 2.75) is 53.1 Å². The van der Waals surface area contributed by atoms with Crippen LogP contribution in [0.2, 0.25) is 10.0 Å². The summed E-state index contributed by atoms with van der Waals surface area (Å²) in [6, 6.07) is 4.92. The third kappa shape index (κ3) is 4.95. The lowest BCUT2D eigenvalue weighted by Crippen LogP contribution is -2.30. The summed E-state index contributed by atoms with van der Waals surface area (Å²) in [5.41, 5.74) is 1.40. The molecule has 0 bridgehead atoms. The van der Waals surface area contributed by atoms with Crippen LogP contribution < -0.4 is 10.1 Å². The number of nitrogens with one attached hydrogen (secondary N) is 1. The molecule has 0 radical (unpaired) electrons. The standard InChI is InChI=1S/C20H24Cl2N2O2S/c1-11(26-16-8-6-13(21)10-14(16)22)18(25)24-19-23-15-7-5-12(20(2,3)4)9-17(15)27-19/h6,8,10-12H,5,7,9H2,1-4H3,(H,23,24,25). The highest BCUT2D eigenvalue weighted by Crippen LogP contribution is 2.40. The Balaban J connectivity index is 1.64. The minimum absolute atomic E-state index is 0.250. The summed E-state index contributed by atoms with van der Waals surface area (Å²) in [7, 11) is 0. The third-order valence-corrected chi connectivity index (χ3v) is 6.53. The molecule has 1 aliphatic rings. The number of halogens is 2. The van der Waals surface area contributed by atoms with Gasteiger partial charge in [0, 0.05) is 9.90 Å². The fourth-order valence-electron chi connectivity index (χ4n) is 3.19. The van der Waals surface area contributed by atoms with Crippen molar-refractivity contribution in [1.29, 1.82) is 0 Å². The predicted molar refractivity (Wildman–Crippen MR) is 112 cm³/mol. The van der Waals surface area contributed by atoms with Gasteiger partial charge in [0.05, 0.1) is 10.7 Å². The van der Waals surface area contributed by atoms with Crippen molar-refractivity contribution in [3.63, 3.8) is 0 Å². The lowest BCUT2D eigenvalue weighted by molar-refractivity contribution is -0.122. The number of anilines is 1. The summed E-state index contributed by atoms with van der Waals surface area (Å²) in [4.78, 5) is 18.4. The van der Waals surface area contributed by atoms with Crippen LogP contribution >= 0.6 is 34.5 Å². The average molecular weight is 427 g/mol. The molecule has 1 heterocycles. The van der Waals surface area contributed by atoms with E-state index in [0.717, 1.165) is 25.0 Å². The van der Waals surface area contributed by atoms with Crippen molar-refractivity contribution in [3.8, 4) is 5.75 Å². The molecule has 0 fully saturated rings. The minimum Gasteiger partial charge on any atom is -0.479 e. The molecule has 1 aliphatic carbocycles. The van der Waals surface area contributed by atoms with E-state index in [2.05, 4.69) is 31.1 Å². The van der Waals surface area contributed by atoms with Crippen molar-refractivity contribution in [2.24, 2.45) is 11.3 Å². The first-order valence-corrected chi connectivity index (χ1v) is 10.6. The quantitative estimate of drug-likeness (QED) is 0.651. The van der Waals surface area contributed by atoms with Crippen molar-refractivity contribution in [1.82, 2.24) is 4.98 Å². The van der Waals surface area contributed by atoms with E-state index in [1.807, 2.05) is 0 Å². The second-order valence-corrected chi connectivity index (χ2v) is 9.95. The first-order chi connectivity index (χ1) is 12.6. The fourth-order valence-corrected chi connectivity index (χ4v) is 4.73. The van der Waals surface area contributed by atoms with Gasteiger partial charge in [-0.2, -0.15) is 0 Å². The van der Waals surface area contributed by atoms with Gasteiger partial charge in [0.1, 0.15) is 5.75 Å². The van der Waals surface area contributed by atoms with E-state index in [-0.39, 0.29) is 11.3 Å². The van der Waals surface area contributed by atoms with Gasteiger partial charge in [0.2, 0.25) is 0 Å². The molecule has 1 aromatic carbocycles. The molecular formula is C20H24Cl2N2O2S. The Hall–Kier alpha value is -1.30. The Labute approximate surface area is 174 Å². The van der Waals surface area contributed by atoms with Gasteiger partial charge in [-0.05, 0) is 55.7 Å². The van der Waals surface area contributed by atoms with E-state index in [4.69, 9.17) is 27.9 Å². The van der Waals surface area contributed by atoms with Crippen LogP contribution in [0.3, 0.4) is 0 Å². The number of nitrogens with zero attached hydrogens (tertiary/aromatic N) is 1. The summed E-state index contributed by atoms with van der Waals surface area (Å²) in [6.07, 6.45) is 2.43. The molecule has 2 aromatic rings. The molecular weight excluding hydrogens is 403 g/mol. The van der Waals surface area contributed by atoms with E-state index in [1.54, 1.807) is 36.5 Å². The number of fused-ring (bicyclic) bond motifs is 1. The van der Waals surface area contributed by atoms with Crippen LogP contribution in [0, 0.1) is 11.3 Å². The zero-order chi connectivity index (χ0) is 19.8. The SMILES string of the molecule is CC(Oc1ccc(Cl)cc1Cl)C(=O)Nc1nc2c(s1)CC(C(C)(C)C)CC2. The Bertz CT molecular complexity index is 845. The minimum atomic E-state index is -0.702. The van der Waals surface area contributed by atoms with Crippen LogP contribution in [0.15, 0.2) is 18.2 Å². The number of aryl methyl sites for hydroxylation is 1. The number of hydrogen-bond donors (Lipinski definition) is 1. The van der Waals surface area contributed by atoms with Gasteiger partial charge in [0.25, 0.3) is 5.91 Å². The number of thiazole rings is 1. The maximum absolute atomic E-state index is 12.5.